The molecule has 2 aromatic heterocycles. The van der Waals surface area contributed by atoms with Crippen molar-refractivity contribution in [3.63, 3.8) is 0 Å². The fourth-order valence-corrected chi connectivity index (χ4v) is 3.73. The van der Waals surface area contributed by atoms with Crippen molar-refractivity contribution in [1.82, 2.24) is 15.3 Å². The third-order valence-electron chi connectivity index (χ3n) is 5.15. The quantitative estimate of drug-likeness (QED) is 0.553. The highest BCUT2D eigenvalue weighted by Crippen LogP contribution is 2.25. The normalized spacial score (nSPS) is 13.6. The van der Waals surface area contributed by atoms with Crippen LogP contribution >= 0.6 is 0 Å². The minimum absolute atomic E-state index is 0.00567. The molecule has 1 aliphatic heterocycles. The lowest BCUT2D eigenvalue weighted by Gasteiger charge is -2.10. The molecule has 136 valence electrons. The molecule has 2 aromatic carbocycles. The van der Waals surface area contributed by atoms with Crippen molar-refractivity contribution in [1.29, 1.82) is 0 Å². The van der Waals surface area contributed by atoms with E-state index in [1.165, 1.54) is 10.8 Å². The fourth-order valence-electron chi connectivity index (χ4n) is 3.73. The monoisotopic (exact) mass is 365 g/mol. The molecule has 0 bridgehead atoms. The number of nitrogens with zero attached hydrogens (tertiary/aromatic N) is 1. The summed E-state index contributed by atoms with van der Waals surface area (Å²) in [4.78, 5) is 19.9. The Bertz CT molecular complexity index is 1210. The van der Waals surface area contributed by atoms with Crippen molar-refractivity contribution in [2.24, 2.45) is 0 Å². The Morgan fingerprint density at radius 2 is 1.86 bits per heavy atom. The highest BCUT2D eigenvalue weighted by molar-refractivity contribution is 5.98. The second kappa shape index (κ2) is 6.82. The minimum Gasteiger partial charge on any atom is -0.358 e. The van der Waals surface area contributed by atoms with Crippen LogP contribution in [0.25, 0.3) is 34.2 Å². The molecule has 0 aliphatic carbocycles. The Morgan fingerprint density at radius 3 is 2.79 bits per heavy atom. The number of carbonyl (C=O) groups excluding carboxylic acids is 1. The van der Waals surface area contributed by atoms with E-state index in [0.29, 0.717) is 6.54 Å². The summed E-state index contributed by atoms with van der Waals surface area (Å²) in [5.41, 5.74) is 5.76. The number of benzene rings is 2. The maximum atomic E-state index is 12.0. The van der Waals surface area contributed by atoms with Crippen molar-refractivity contribution in [2.45, 2.75) is 6.42 Å². The van der Waals surface area contributed by atoms with Crippen LogP contribution in [-0.2, 0) is 6.42 Å². The van der Waals surface area contributed by atoms with E-state index in [4.69, 9.17) is 0 Å². The van der Waals surface area contributed by atoms with E-state index in [1.807, 2.05) is 24.3 Å². The van der Waals surface area contributed by atoms with Crippen molar-refractivity contribution in [3.05, 3.63) is 89.4 Å². The zero-order valence-corrected chi connectivity index (χ0v) is 15.3. The van der Waals surface area contributed by atoms with Gasteiger partial charge in [-0.15, -0.1) is 0 Å². The number of aromatic nitrogens is 2. The lowest BCUT2D eigenvalue weighted by molar-refractivity contribution is 0.0946. The van der Waals surface area contributed by atoms with E-state index in [1.54, 1.807) is 6.20 Å². The Hall–Kier alpha value is -3.66. The molecule has 4 heteroatoms. The molecule has 0 unspecified atom stereocenters. The average molecular weight is 365 g/mol. The highest BCUT2D eigenvalue weighted by atomic mass is 16.1. The number of hydrogen-bond donors (Lipinski definition) is 2. The fraction of sp³-hybridized carbons (Fsp3) is 0.0833. The first-order chi connectivity index (χ1) is 13.8. The predicted molar refractivity (Wildman–Crippen MR) is 113 cm³/mol. The molecule has 4 nitrogen and oxygen atoms in total. The van der Waals surface area contributed by atoms with Crippen LogP contribution in [0.1, 0.15) is 27.3 Å². The molecule has 3 heterocycles. The molecule has 0 atom stereocenters. The Balaban J connectivity index is 1.48. The molecule has 4 aromatic rings. The van der Waals surface area contributed by atoms with Crippen molar-refractivity contribution >= 4 is 28.8 Å². The molecular weight excluding hydrogens is 346 g/mol. The topological polar surface area (TPSA) is 57.8 Å². The Labute approximate surface area is 162 Å². The predicted octanol–water partition coefficient (Wildman–Crippen LogP) is 4.69. The molecule has 0 spiro atoms. The average Bonchev–Trinajstić information content (AvgIpc) is 3.18. The first kappa shape index (κ1) is 16.5. The summed E-state index contributed by atoms with van der Waals surface area (Å²) in [7, 11) is 0. The second-order valence-electron chi connectivity index (χ2n) is 6.95. The van der Waals surface area contributed by atoms with Crippen LogP contribution < -0.4 is 5.32 Å². The van der Waals surface area contributed by atoms with Crippen LogP contribution in [0.2, 0.25) is 0 Å². The number of carbonyl (C=O) groups is 1. The van der Waals surface area contributed by atoms with Crippen LogP contribution in [0.15, 0.2) is 66.9 Å². The lowest BCUT2D eigenvalue weighted by atomic mass is 10.0. The second-order valence-corrected chi connectivity index (χ2v) is 6.95. The maximum absolute atomic E-state index is 12.0. The van der Waals surface area contributed by atoms with Gasteiger partial charge in [-0.3, -0.25) is 9.78 Å². The van der Waals surface area contributed by atoms with Gasteiger partial charge in [0.25, 0.3) is 5.91 Å². The Kier molecular flexibility index (Phi) is 4.02. The number of pyridine rings is 1. The standard InChI is InChI=1S/C24H19N3O/c28-24-21-15-23(27-22(21)11-13-26-24)18-10-12-25-19(14-18)9-8-17-6-3-5-16-4-1-2-7-20(16)17/h1-10,12,14-15,27H,11,13H2,(H,26,28). The zero-order chi connectivity index (χ0) is 18.9. The van der Waals surface area contributed by atoms with Crippen molar-refractivity contribution < 1.29 is 4.79 Å². The Morgan fingerprint density at radius 1 is 0.964 bits per heavy atom. The number of aromatic amines is 1. The van der Waals surface area contributed by atoms with Gasteiger partial charge in [0.1, 0.15) is 0 Å². The molecule has 28 heavy (non-hydrogen) atoms. The summed E-state index contributed by atoms with van der Waals surface area (Å²) in [6.45, 7) is 0.682. The molecule has 2 N–H and O–H groups in total. The molecule has 0 fully saturated rings. The summed E-state index contributed by atoms with van der Waals surface area (Å²) in [5, 5.41) is 5.33. The van der Waals surface area contributed by atoms with Gasteiger partial charge >= 0.3 is 0 Å². The van der Waals surface area contributed by atoms with Crippen LogP contribution in [0.5, 0.6) is 0 Å². The van der Waals surface area contributed by atoms with Crippen LogP contribution in [0, 0.1) is 0 Å². The molecule has 0 saturated carbocycles. The number of nitrogens with one attached hydrogen (secondary N) is 2. The summed E-state index contributed by atoms with van der Waals surface area (Å²) >= 11 is 0. The van der Waals surface area contributed by atoms with E-state index in [-0.39, 0.29) is 5.91 Å². The summed E-state index contributed by atoms with van der Waals surface area (Å²) in [6.07, 6.45) is 6.76. The molecule has 1 aliphatic rings. The number of fused-ring (bicyclic) bond motifs is 2. The number of amides is 1. The van der Waals surface area contributed by atoms with Crippen LogP contribution in [0.4, 0.5) is 0 Å². The van der Waals surface area contributed by atoms with Gasteiger partial charge in [-0.2, -0.15) is 0 Å². The highest BCUT2D eigenvalue weighted by Gasteiger charge is 2.19. The van der Waals surface area contributed by atoms with Gasteiger partial charge in [0.2, 0.25) is 0 Å². The van der Waals surface area contributed by atoms with Gasteiger partial charge in [-0.25, -0.2) is 0 Å². The van der Waals surface area contributed by atoms with Gasteiger partial charge in [0.15, 0.2) is 0 Å². The summed E-state index contributed by atoms with van der Waals surface area (Å²) in [6, 6.07) is 20.6. The molecule has 0 saturated heterocycles. The van der Waals surface area contributed by atoms with Gasteiger partial charge in [-0.05, 0) is 40.6 Å². The van der Waals surface area contributed by atoms with E-state index in [9.17, 15) is 4.79 Å². The molecule has 0 radical (unpaired) electrons. The smallest absolute Gasteiger partial charge is 0.253 e. The number of rotatable bonds is 3. The maximum Gasteiger partial charge on any atom is 0.253 e. The van der Waals surface area contributed by atoms with Gasteiger partial charge in [0, 0.05) is 36.1 Å². The summed E-state index contributed by atoms with van der Waals surface area (Å²) < 4.78 is 0. The third-order valence-corrected chi connectivity index (χ3v) is 5.15. The van der Waals surface area contributed by atoms with E-state index in [0.717, 1.165) is 40.2 Å². The van der Waals surface area contributed by atoms with Crippen molar-refractivity contribution in [3.8, 4) is 11.3 Å². The van der Waals surface area contributed by atoms with E-state index in [2.05, 4.69) is 63.8 Å². The van der Waals surface area contributed by atoms with Gasteiger partial charge in [-0.1, -0.05) is 48.5 Å². The van der Waals surface area contributed by atoms with Crippen LogP contribution in [0.3, 0.4) is 0 Å². The first-order valence-electron chi connectivity index (χ1n) is 9.40. The van der Waals surface area contributed by atoms with Crippen molar-refractivity contribution in [2.75, 3.05) is 6.54 Å². The zero-order valence-electron chi connectivity index (χ0n) is 15.3. The van der Waals surface area contributed by atoms with E-state index >= 15 is 0 Å². The molecule has 1 amide bonds. The summed E-state index contributed by atoms with van der Waals surface area (Å²) in [5.74, 6) is -0.00567. The lowest BCUT2D eigenvalue weighted by Crippen LogP contribution is -2.31. The van der Waals surface area contributed by atoms with Gasteiger partial charge in [0.05, 0.1) is 11.3 Å². The molecule has 5 rings (SSSR count). The van der Waals surface area contributed by atoms with Crippen LogP contribution in [-0.4, -0.2) is 22.4 Å². The number of H-pyrrole nitrogens is 1. The first-order valence-corrected chi connectivity index (χ1v) is 9.40. The third kappa shape index (κ3) is 2.99. The SMILES string of the molecule is O=C1NCCc2[nH]c(-c3ccnc(C=Cc4cccc5ccccc45)c3)cc21. The largest absolute Gasteiger partial charge is 0.358 e. The van der Waals surface area contributed by atoms with Gasteiger partial charge < -0.3 is 10.3 Å². The minimum atomic E-state index is -0.00567. The van der Waals surface area contributed by atoms with E-state index < -0.39 is 0 Å². The number of hydrogen-bond acceptors (Lipinski definition) is 2. The molecular formula is C24H19N3O.